The Morgan fingerprint density at radius 1 is 1.50 bits per heavy atom. The summed E-state index contributed by atoms with van der Waals surface area (Å²) in [7, 11) is 1.43. The van der Waals surface area contributed by atoms with E-state index in [9.17, 15) is 4.79 Å². The summed E-state index contributed by atoms with van der Waals surface area (Å²) in [6.45, 7) is 4.15. The first-order valence-electron chi connectivity index (χ1n) is 5.01. The average molecular weight is 219 g/mol. The minimum Gasteiger partial charge on any atom is -0.469 e. The van der Waals surface area contributed by atoms with Gasteiger partial charge in [-0.25, -0.2) is 0 Å². The molecule has 0 heterocycles. The second-order valence-corrected chi connectivity index (χ2v) is 4.54. The first-order chi connectivity index (χ1) is 6.70. The molecule has 0 rings (SSSR count). The largest absolute Gasteiger partial charge is 0.469 e. The van der Waals surface area contributed by atoms with Crippen LogP contribution in [0.25, 0.3) is 0 Å². The zero-order valence-electron chi connectivity index (χ0n) is 9.34. The van der Waals surface area contributed by atoms with Crippen LogP contribution in [-0.2, 0) is 9.53 Å². The van der Waals surface area contributed by atoms with E-state index in [1.165, 1.54) is 13.5 Å². The minimum atomic E-state index is -0.121. The van der Waals surface area contributed by atoms with Crippen molar-refractivity contribution in [2.45, 2.75) is 31.4 Å². The van der Waals surface area contributed by atoms with E-state index in [0.717, 1.165) is 19.5 Å². The van der Waals surface area contributed by atoms with Crippen LogP contribution < -0.4 is 5.32 Å². The van der Waals surface area contributed by atoms with Crippen molar-refractivity contribution in [3.8, 4) is 0 Å². The molecule has 0 aromatic heterocycles. The van der Waals surface area contributed by atoms with Gasteiger partial charge in [-0.15, -0.1) is 0 Å². The Bertz CT molecular complexity index is 153. The second kappa shape index (κ2) is 9.34. The predicted octanol–water partition coefficient (Wildman–Crippen LogP) is 1.67. The Balaban J connectivity index is 3.10. The van der Waals surface area contributed by atoms with Crippen LogP contribution in [-0.4, -0.2) is 37.7 Å². The molecule has 0 spiro atoms. The third-order valence-corrected chi connectivity index (χ3v) is 3.13. The average Bonchev–Trinajstić information content (AvgIpc) is 2.22. The molecule has 0 aromatic rings. The van der Waals surface area contributed by atoms with Gasteiger partial charge in [-0.05, 0) is 32.2 Å². The first-order valence-corrected chi connectivity index (χ1v) is 6.29. The van der Waals surface area contributed by atoms with Gasteiger partial charge in [0.2, 0.25) is 0 Å². The molecule has 4 heteroatoms. The van der Waals surface area contributed by atoms with Gasteiger partial charge in [-0.2, -0.15) is 11.8 Å². The maximum Gasteiger partial charge on any atom is 0.305 e. The number of esters is 1. The number of rotatable bonds is 8. The standard InChI is InChI=1S/C10H21NO2S/c1-9(14-3)6-8-11-7-4-5-10(12)13-2/h9,11H,4-8H2,1-3H3. The number of hydrogen-bond acceptors (Lipinski definition) is 4. The molecular weight excluding hydrogens is 198 g/mol. The SMILES string of the molecule is COC(=O)CCCNCCC(C)SC. The minimum absolute atomic E-state index is 0.121. The number of nitrogens with one attached hydrogen (secondary N) is 1. The van der Waals surface area contributed by atoms with Crippen molar-refractivity contribution in [3.63, 3.8) is 0 Å². The fraction of sp³-hybridized carbons (Fsp3) is 0.900. The summed E-state index contributed by atoms with van der Waals surface area (Å²) in [6, 6.07) is 0. The van der Waals surface area contributed by atoms with Gasteiger partial charge in [0.25, 0.3) is 0 Å². The highest BCUT2D eigenvalue weighted by Gasteiger charge is 2.00. The second-order valence-electron chi connectivity index (χ2n) is 3.26. The van der Waals surface area contributed by atoms with Crippen LogP contribution >= 0.6 is 11.8 Å². The molecule has 0 saturated carbocycles. The maximum absolute atomic E-state index is 10.7. The summed E-state index contributed by atoms with van der Waals surface area (Å²) in [5.41, 5.74) is 0. The Labute approximate surface area is 91.0 Å². The van der Waals surface area contributed by atoms with Gasteiger partial charge < -0.3 is 10.1 Å². The molecule has 0 radical (unpaired) electrons. The lowest BCUT2D eigenvalue weighted by Gasteiger charge is -2.08. The molecular formula is C10H21NO2S. The number of ether oxygens (including phenoxy) is 1. The normalized spacial score (nSPS) is 12.5. The molecule has 0 amide bonds. The van der Waals surface area contributed by atoms with Crippen molar-refractivity contribution < 1.29 is 9.53 Å². The van der Waals surface area contributed by atoms with Crippen LogP contribution in [0, 0.1) is 0 Å². The molecule has 0 aromatic carbocycles. The van der Waals surface area contributed by atoms with Gasteiger partial charge in [-0.3, -0.25) is 4.79 Å². The fourth-order valence-electron chi connectivity index (χ4n) is 1.01. The van der Waals surface area contributed by atoms with Crippen LogP contribution in [0.2, 0.25) is 0 Å². The lowest BCUT2D eigenvalue weighted by atomic mass is 10.3. The molecule has 1 N–H and O–H groups in total. The van der Waals surface area contributed by atoms with Gasteiger partial charge >= 0.3 is 5.97 Å². The highest BCUT2D eigenvalue weighted by Crippen LogP contribution is 2.07. The summed E-state index contributed by atoms with van der Waals surface area (Å²) < 4.78 is 4.54. The van der Waals surface area contributed by atoms with Crippen molar-refractivity contribution in [3.05, 3.63) is 0 Å². The quantitative estimate of drug-likeness (QED) is 0.498. The van der Waals surface area contributed by atoms with Crippen molar-refractivity contribution in [1.82, 2.24) is 5.32 Å². The Morgan fingerprint density at radius 3 is 2.79 bits per heavy atom. The predicted molar refractivity (Wildman–Crippen MR) is 61.7 cm³/mol. The summed E-state index contributed by atoms with van der Waals surface area (Å²) >= 11 is 1.88. The Kier molecular flexibility index (Phi) is 9.19. The highest BCUT2D eigenvalue weighted by atomic mass is 32.2. The molecule has 0 saturated heterocycles. The molecule has 0 aliphatic heterocycles. The number of thioether (sulfide) groups is 1. The van der Waals surface area contributed by atoms with Crippen LogP contribution in [0.4, 0.5) is 0 Å². The summed E-state index contributed by atoms with van der Waals surface area (Å²) in [5, 5.41) is 4.02. The van der Waals surface area contributed by atoms with E-state index in [1.54, 1.807) is 0 Å². The zero-order chi connectivity index (χ0) is 10.8. The van der Waals surface area contributed by atoms with Crippen molar-refractivity contribution >= 4 is 17.7 Å². The van der Waals surface area contributed by atoms with E-state index in [1.807, 2.05) is 11.8 Å². The van der Waals surface area contributed by atoms with Gasteiger partial charge in [0.1, 0.15) is 0 Å². The molecule has 0 aliphatic rings. The number of hydrogen-bond donors (Lipinski definition) is 1. The smallest absolute Gasteiger partial charge is 0.305 e. The van der Waals surface area contributed by atoms with E-state index in [2.05, 4.69) is 23.2 Å². The van der Waals surface area contributed by atoms with Gasteiger partial charge in [-0.1, -0.05) is 6.92 Å². The van der Waals surface area contributed by atoms with Crippen molar-refractivity contribution in [2.24, 2.45) is 0 Å². The van der Waals surface area contributed by atoms with Gasteiger partial charge in [0.15, 0.2) is 0 Å². The van der Waals surface area contributed by atoms with Gasteiger partial charge in [0.05, 0.1) is 7.11 Å². The van der Waals surface area contributed by atoms with E-state index < -0.39 is 0 Å². The van der Waals surface area contributed by atoms with E-state index in [-0.39, 0.29) is 5.97 Å². The zero-order valence-corrected chi connectivity index (χ0v) is 10.2. The Morgan fingerprint density at radius 2 is 2.21 bits per heavy atom. The summed E-state index contributed by atoms with van der Waals surface area (Å²) in [4.78, 5) is 10.7. The van der Waals surface area contributed by atoms with Gasteiger partial charge in [0, 0.05) is 11.7 Å². The third-order valence-electron chi connectivity index (χ3n) is 2.09. The number of carbonyl (C=O) groups is 1. The molecule has 0 aliphatic carbocycles. The van der Waals surface area contributed by atoms with Crippen LogP contribution in [0.5, 0.6) is 0 Å². The topological polar surface area (TPSA) is 38.3 Å². The van der Waals surface area contributed by atoms with Crippen LogP contribution in [0.15, 0.2) is 0 Å². The molecule has 0 fully saturated rings. The van der Waals surface area contributed by atoms with E-state index >= 15 is 0 Å². The number of carbonyl (C=O) groups excluding carboxylic acids is 1. The lowest BCUT2D eigenvalue weighted by Crippen LogP contribution is -2.20. The van der Waals surface area contributed by atoms with Crippen molar-refractivity contribution in [2.75, 3.05) is 26.5 Å². The third kappa shape index (κ3) is 8.38. The summed E-state index contributed by atoms with van der Waals surface area (Å²) in [6.07, 6.45) is 4.68. The maximum atomic E-state index is 10.7. The molecule has 1 atom stereocenters. The lowest BCUT2D eigenvalue weighted by molar-refractivity contribution is -0.140. The van der Waals surface area contributed by atoms with E-state index in [0.29, 0.717) is 11.7 Å². The first kappa shape index (κ1) is 13.8. The van der Waals surface area contributed by atoms with Crippen LogP contribution in [0.3, 0.4) is 0 Å². The molecule has 0 bridgehead atoms. The number of methoxy groups -OCH3 is 1. The van der Waals surface area contributed by atoms with Crippen LogP contribution in [0.1, 0.15) is 26.2 Å². The highest BCUT2D eigenvalue weighted by molar-refractivity contribution is 7.99. The summed E-state index contributed by atoms with van der Waals surface area (Å²) in [5.74, 6) is -0.121. The molecule has 3 nitrogen and oxygen atoms in total. The monoisotopic (exact) mass is 219 g/mol. The van der Waals surface area contributed by atoms with E-state index in [4.69, 9.17) is 0 Å². The Hall–Kier alpha value is -0.220. The fourth-order valence-corrected chi connectivity index (χ4v) is 1.36. The molecule has 14 heavy (non-hydrogen) atoms. The molecule has 1 unspecified atom stereocenters. The van der Waals surface area contributed by atoms with Crippen molar-refractivity contribution in [1.29, 1.82) is 0 Å². The molecule has 84 valence electrons.